The minimum atomic E-state index is 0.134. The van der Waals surface area contributed by atoms with E-state index in [2.05, 4.69) is 12.2 Å². The molecule has 0 aliphatic heterocycles. The largest absolute Gasteiger partial charge is 0.303 e. The second-order valence-corrected chi connectivity index (χ2v) is 4.68. The highest BCUT2D eigenvalue weighted by molar-refractivity contribution is 5.63. The topological polar surface area (TPSA) is 17.1 Å². The Hall–Kier alpha value is -0.590. The number of aldehydes is 1. The molecular weight excluding hydrogens is 160 g/mol. The van der Waals surface area contributed by atoms with Gasteiger partial charge in [-0.3, -0.25) is 0 Å². The molecule has 0 N–H and O–H groups in total. The Kier molecular flexibility index (Phi) is 2.52. The van der Waals surface area contributed by atoms with Gasteiger partial charge < -0.3 is 4.79 Å². The zero-order chi connectivity index (χ0) is 9.15. The number of carbonyl (C=O) groups is 1. The molecule has 0 unspecified atom stereocenters. The Balaban J connectivity index is 1.84. The molecule has 0 aromatic rings. The van der Waals surface area contributed by atoms with Crippen molar-refractivity contribution in [1.29, 1.82) is 0 Å². The quantitative estimate of drug-likeness (QED) is 0.479. The third kappa shape index (κ3) is 2.20. The molecule has 0 bridgehead atoms. The molecule has 0 spiro atoms. The molecule has 0 saturated heterocycles. The van der Waals surface area contributed by atoms with Crippen LogP contribution in [0, 0.1) is 11.3 Å². The van der Waals surface area contributed by atoms with Gasteiger partial charge in [0.1, 0.15) is 6.29 Å². The molecule has 0 aromatic heterocycles. The molecule has 13 heavy (non-hydrogen) atoms. The summed E-state index contributed by atoms with van der Waals surface area (Å²) in [5.41, 5.74) is 0.134. The summed E-state index contributed by atoms with van der Waals surface area (Å²) < 4.78 is 0. The van der Waals surface area contributed by atoms with Gasteiger partial charge in [0.05, 0.1) is 0 Å². The number of carbonyl (C=O) groups excluding carboxylic acids is 1. The lowest BCUT2D eigenvalue weighted by molar-refractivity contribution is -0.112. The normalized spacial score (nSPS) is 26.8. The third-order valence-electron chi connectivity index (χ3n) is 3.49. The first-order valence-electron chi connectivity index (χ1n) is 5.46. The van der Waals surface area contributed by atoms with E-state index in [9.17, 15) is 4.79 Å². The van der Waals surface area contributed by atoms with E-state index < -0.39 is 0 Å². The Morgan fingerprint density at radius 2 is 1.85 bits per heavy atom. The molecule has 2 aliphatic rings. The van der Waals surface area contributed by atoms with Crippen LogP contribution >= 0.6 is 0 Å². The molecule has 72 valence electrons. The zero-order valence-electron chi connectivity index (χ0n) is 8.17. The van der Waals surface area contributed by atoms with Crippen molar-refractivity contribution in [3.63, 3.8) is 0 Å². The lowest BCUT2D eigenvalue weighted by Crippen LogP contribution is -2.10. The lowest BCUT2D eigenvalue weighted by atomic mass is 9.88. The van der Waals surface area contributed by atoms with Crippen LogP contribution in [0.4, 0.5) is 0 Å². The maximum absolute atomic E-state index is 10.8. The molecule has 0 amide bonds. The predicted octanol–water partition coefficient (Wildman–Crippen LogP) is 3.10. The monoisotopic (exact) mass is 178 g/mol. The fourth-order valence-electron chi connectivity index (χ4n) is 2.35. The summed E-state index contributed by atoms with van der Waals surface area (Å²) in [6, 6.07) is 0. The van der Waals surface area contributed by atoms with Crippen LogP contribution in [-0.2, 0) is 4.79 Å². The summed E-state index contributed by atoms with van der Waals surface area (Å²) in [4.78, 5) is 10.8. The van der Waals surface area contributed by atoms with E-state index in [1.165, 1.54) is 32.0 Å². The second kappa shape index (κ2) is 3.65. The molecule has 2 aliphatic carbocycles. The summed E-state index contributed by atoms with van der Waals surface area (Å²) in [7, 11) is 0. The maximum atomic E-state index is 10.8. The van der Waals surface area contributed by atoms with Crippen molar-refractivity contribution in [3.8, 4) is 0 Å². The number of rotatable bonds is 3. The van der Waals surface area contributed by atoms with E-state index in [1.54, 1.807) is 0 Å². The molecule has 0 radical (unpaired) electrons. The van der Waals surface area contributed by atoms with Crippen LogP contribution in [0.2, 0.25) is 0 Å². The average Bonchev–Trinajstić information content (AvgIpc) is 2.92. The van der Waals surface area contributed by atoms with Crippen molar-refractivity contribution in [2.45, 2.75) is 44.9 Å². The molecule has 2 rings (SSSR count). The highest BCUT2D eigenvalue weighted by Crippen LogP contribution is 2.50. The van der Waals surface area contributed by atoms with Crippen LogP contribution in [0.1, 0.15) is 44.9 Å². The molecular formula is C12H18O. The summed E-state index contributed by atoms with van der Waals surface area (Å²) in [6.45, 7) is 0. The fourth-order valence-corrected chi connectivity index (χ4v) is 2.35. The van der Waals surface area contributed by atoms with Crippen LogP contribution in [0.15, 0.2) is 12.2 Å². The lowest BCUT2D eigenvalue weighted by Gasteiger charge is -2.17. The molecule has 0 aromatic carbocycles. The van der Waals surface area contributed by atoms with Crippen LogP contribution in [-0.4, -0.2) is 6.29 Å². The minimum Gasteiger partial charge on any atom is -0.303 e. The fraction of sp³-hybridized carbons (Fsp3) is 0.750. The van der Waals surface area contributed by atoms with Gasteiger partial charge in [-0.1, -0.05) is 12.2 Å². The highest BCUT2D eigenvalue weighted by atomic mass is 16.1. The van der Waals surface area contributed by atoms with Gasteiger partial charge in [-0.2, -0.15) is 0 Å². The van der Waals surface area contributed by atoms with Crippen molar-refractivity contribution < 1.29 is 4.79 Å². The zero-order valence-corrected chi connectivity index (χ0v) is 8.17. The van der Waals surface area contributed by atoms with Crippen molar-refractivity contribution in [3.05, 3.63) is 12.2 Å². The van der Waals surface area contributed by atoms with Gasteiger partial charge >= 0.3 is 0 Å². The summed E-state index contributed by atoms with van der Waals surface area (Å²) >= 11 is 0. The highest BCUT2D eigenvalue weighted by Gasteiger charge is 2.43. The smallest absolute Gasteiger partial charge is 0.126 e. The van der Waals surface area contributed by atoms with Crippen LogP contribution < -0.4 is 0 Å². The van der Waals surface area contributed by atoms with Crippen LogP contribution in [0.5, 0.6) is 0 Å². The van der Waals surface area contributed by atoms with E-state index in [-0.39, 0.29) is 5.41 Å². The minimum absolute atomic E-state index is 0.134. The Morgan fingerprint density at radius 3 is 2.31 bits per heavy atom. The average molecular weight is 178 g/mol. The first kappa shape index (κ1) is 8.98. The summed E-state index contributed by atoms with van der Waals surface area (Å²) in [5, 5.41) is 0. The van der Waals surface area contributed by atoms with Crippen molar-refractivity contribution in [2.75, 3.05) is 0 Å². The van der Waals surface area contributed by atoms with Crippen LogP contribution in [0.3, 0.4) is 0 Å². The number of allylic oxidation sites excluding steroid dienone is 2. The molecule has 1 heteroatoms. The first-order chi connectivity index (χ1) is 6.35. The van der Waals surface area contributed by atoms with Gasteiger partial charge in [0.25, 0.3) is 0 Å². The van der Waals surface area contributed by atoms with Gasteiger partial charge in [0, 0.05) is 5.41 Å². The Morgan fingerprint density at radius 1 is 1.23 bits per heavy atom. The first-order valence-corrected chi connectivity index (χ1v) is 5.46. The summed E-state index contributed by atoms with van der Waals surface area (Å²) in [5.74, 6) is 0.808. The van der Waals surface area contributed by atoms with Crippen molar-refractivity contribution in [1.82, 2.24) is 0 Å². The SMILES string of the molecule is O=CC1(CC2CCC=CCC2)CC1. The second-order valence-electron chi connectivity index (χ2n) is 4.68. The molecule has 0 heterocycles. The molecule has 1 nitrogen and oxygen atoms in total. The van der Waals surface area contributed by atoms with Gasteiger partial charge in [-0.25, -0.2) is 0 Å². The van der Waals surface area contributed by atoms with E-state index >= 15 is 0 Å². The van der Waals surface area contributed by atoms with Gasteiger partial charge in [0.2, 0.25) is 0 Å². The van der Waals surface area contributed by atoms with Gasteiger partial charge in [-0.05, 0) is 50.9 Å². The van der Waals surface area contributed by atoms with E-state index in [0.717, 1.165) is 25.2 Å². The van der Waals surface area contributed by atoms with E-state index in [0.29, 0.717) is 0 Å². The van der Waals surface area contributed by atoms with Crippen molar-refractivity contribution >= 4 is 6.29 Å². The molecule has 0 atom stereocenters. The third-order valence-corrected chi connectivity index (χ3v) is 3.49. The predicted molar refractivity (Wildman–Crippen MR) is 53.4 cm³/mol. The number of hydrogen-bond donors (Lipinski definition) is 0. The molecule has 1 fully saturated rings. The van der Waals surface area contributed by atoms with E-state index in [1.807, 2.05) is 0 Å². The van der Waals surface area contributed by atoms with Gasteiger partial charge in [-0.15, -0.1) is 0 Å². The van der Waals surface area contributed by atoms with E-state index in [4.69, 9.17) is 0 Å². The van der Waals surface area contributed by atoms with Crippen LogP contribution in [0.25, 0.3) is 0 Å². The van der Waals surface area contributed by atoms with Gasteiger partial charge in [0.15, 0.2) is 0 Å². The Bertz CT molecular complexity index is 203. The summed E-state index contributed by atoms with van der Waals surface area (Å²) in [6.07, 6.45) is 14.3. The maximum Gasteiger partial charge on any atom is 0.126 e. The number of hydrogen-bond acceptors (Lipinski definition) is 1. The van der Waals surface area contributed by atoms with Crippen molar-refractivity contribution in [2.24, 2.45) is 11.3 Å². The Labute approximate surface area is 80.2 Å². The molecule has 1 saturated carbocycles. The standard InChI is InChI=1S/C12H18O/c13-10-12(7-8-12)9-11-5-3-1-2-4-6-11/h1-2,10-11H,3-9H2.